The molecule has 0 radical (unpaired) electrons. The second-order valence-corrected chi connectivity index (χ2v) is 6.38. The van der Waals surface area contributed by atoms with Gasteiger partial charge < -0.3 is 24.3 Å². The molecule has 2 aromatic carbocycles. The van der Waals surface area contributed by atoms with Crippen molar-refractivity contribution in [3.8, 4) is 17.2 Å². The quantitative estimate of drug-likeness (QED) is 0.744. The molecule has 1 unspecified atom stereocenters. The Kier molecular flexibility index (Phi) is 6.75. The summed E-state index contributed by atoms with van der Waals surface area (Å²) in [6, 6.07) is 14.1. The zero-order valence-electron chi connectivity index (χ0n) is 15.5. The van der Waals surface area contributed by atoms with Crippen LogP contribution in [0.2, 0.25) is 0 Å². The highest BCUT2D eigenvalue weighted by Gasteiger charge is 2.17. The SMILES string of the molecule is COc1ccc(CNCc2ccc(OCC3CCCO3)c(OC)c2)cc1. The summed E-state index contributed by atoms with van der Waals surface area (Å²) in [6.45, 7) is 2.97. The molecule has 0 aromatic heterocycles. The van der Waals surface area contributed by atoms with E-state index in [9.17, 15) is 0 Å². The Balaban J connectivity index is 1.50. The van der Waals surface area contributed by atoms with E-state index in [1.807, 2.05) is 24.3 Å². The number of hydrogen-bond donors (Lipinski definition) is 1. The molecule has 1 fully saturated rings. The Labute approximate surface area is 155 Å². The van der Waals surface area contributed by atoms with Crippen LogP contribution in [-0.4, -0.2) is 33.5 Å². The lowest BCUT2D eigenvalue weighted by Gasteiger charge is -2.15. The lowest BCUT2D eigenvalue weighted by Crippen LogP contribution is -2.16. The van der Waals surface area contributed by atoms with Gasteiger partial charge >= 0.3 is 0 Å². The minimum absolute atomic E-state index is 0.200. The van der Waals surface area contributed by atoms with Crippen molar-refractivity contribution in [1.29, 1.82) is 0 Å². The second kappa shape index (κ2) is 9.46. The molecule has 1 saturated heterocycles. The molecular weight excluding hydrogens is 330 g/mol. The number of rotatable bonds is 9. The Morgan fingerprint density at radius 1 is 0.962 bits per heavy atom. The molecule has 26 heavy (non-hydrogen) atoms. The molecule has 0 amide bonds. The minimum atomic E-state index is 0.200. The fourth-order valence-electron chi connectivity index (χ4n) is 2.99. The number of hydrogen-bond acceptors (Lipinski definition) is 5. The lowest BCUT2D eigenvalue weighted by atomic mass is 10.1. The first-order chi connectivity index (χ1) is 12.8. The van der Waals surface area contributed by atoms with E-state index in [0.717, 1.165) is 55.4 Å². The van der Waals surface area contributed by atoms with Crippen molar-refractivity contribution in [3.05, 3.63) is 53.6 Å². The summed E-state index contributed by atoms with van der Waals surface area (Å²) >= 11 is 0. The highest BCUT2D eigenvalue weighted by atomic mass is 16.5. The summed E-state index contributed by atoms with van der Waals surface area (Å²) in [5.74, 6) is 2.39. The molecule has 0 saturated carbocycles. The summed E-state index contributed by atoms with van der Waals surface area (Å²) in [4.78, 5) is 0. The predicted molar refractivity (Wildman–Crippen MR) is 101 cm³/mol. The van der Waals surface area contributed by atoms with Crippen LogP contribution in [0.3, 0.4) is 0 Å². The monoisotopic (exact) mass is 357 g/mol. The number of nitrogens with one attached hydrogen (secondary N) is 1. The molecule has 3 rings (SSSR count). The minimum Gasteiger partial charge on any atom is -0.497 e. The van der Waals surface area contributed by atoms with E-state index in [1.54, 1.807) is 14.2 Å². The average molecular weight is 357 g/mol. The molecule has 1 atom stereocenters. The summed E-state index contributed by atoms with van der Waals surface area (Å²) < 4.78 is 22.1. The molecule has 1 N–H and O–H groups in total. The molecule has 0 spiro atoms. The van der Waals surface area contributed by atoms with Gasteiger partial charge in [0.25, 0.3) is 0 Å². The highest BCUT2D eigenvalue weighted by molar-refractivity contribution is 5.43. The zero-order chi connectivity index (χ0) is 18.2. The molecule has 5 heteroatoms. The molecule has 2 aromatic rings. The van der Waals surface area contributed by atoms with Gasteiger partial charge in [-0.2, -0.15) is 0 Å². The maximum absolute atomic E-state index is 5.88. The number of benzene rings is 2. The van der Waals surface area contributed by atoms with Crippen LogP contribution >= 0.6 is 0 Å². The van der Waals surface area contributed by atoms with Crippen LogP contribution in [-0.2, 0) is 17.8 Å². The molecule has 140 valence electrons. The van der Waals surface area contributed by atoms with E-state index in [-0.39, 0.29) is 6.10 Å². The van der Waals surface area contributed by atoms with Crippen LogP contribution in [0.4, 0.5) is 0 Å². The second-order valence-electron chi connectivity index (χ2n) is 6.38. The van der Waals surface area contributed by atoms with E-state index in [0.29, 0.717) is 6.61 Å². The van der Waals surface area contributed by atoms with Gasteiger partial charge in [-0.3, -0.25) is 0 Å². The first-order valence-corrected chi connectivity index (χ1v) is 9.03. The number of methoxy groups -OCH3 is 2. The Morgan fingerprint density at radius 2 is 1.73 bits per heavy atom. The fraction of sp³-hybridized carbons (Fsp3) is 0.429. The summed E-state index contributed by atoms with van der Waals surface area (Å²) in [5.41, 5.74) is 2.37. The topological polar surface area (TPSA) is 49.0 Å². The molecule has 1 aliphatic heterocycles. The van der Waals surface area contributed by atoms with Crippen molar-refractivity contribution in [2.24, 2.45) is 0 Å². The largest absolute Gasteiger partial charge is 0.497 e. The third-order valence-corrected chi connectivity index (χ3v) is 4.49. The van der Waals surface area contributed by atoms with Crippen molar-refractivity contribution >= 4 is 0 Å². The van der Waals surface area contributed by atoms with Crippen LogP contribution in [0.25, 0.3) is 0 Å². The summed E-state index contributed by atoms with van der Waals surface area (Å²) in [5, 5.41) is 3.45. The van der Waals surface area contributed by atoms with E-state index >= 15 is 0 Å². The standard InChI is InChI=1S/C21H27NO4/c1-23-18-8-5-16(6-9-18)13-22-14-17-7-10-20(21(12-17)24-2)26-15-19-4-3-11-25-19/h5-10,12,19,22H,3-4,11,13-15H2,1-2H3. The van der Waals surface area contributed by atoms with Gasteiger partial charge in [0.15, 0.2) is 11.5 Å². The molecule has 0 aliphatic carbocycles. The van der Waals surface area contributed by atoms with E-state index in [2.05, 4.69) is 23.5 Å². The fourth-order valence-corrected chi connectivity index (χ4v) is 2.99. The third kappa shape index (κ3) is 5.13. The third-order valence-electron chi connectivity index (χ3n) is 4.49. The van der Waals surface area contributed by atoms with Gasteiger partial charge in [0, 0.05) is 19.7 Å². The molecule has 0 bridgehead atoms. The van der Waals surface area contributed by atoms with Crippen LogP contribution in [0.5, 0.6) is 17.2 Å². The first-order valence-electron chi connectivity index (χ1n) is 9.03. The van der Waals surface area contributed by atoms with Gasteiger partial charge in [0.2, 0.25) is 0 Å². The van der Waals surface area contributed by atoms with Gasteiger partial charge in [-0.1, -0.05) is 18.2 Å². The highest BCUT2D eigenvalue weighted by Crippen LogP contribution is 2.29. The number of ether oxygens (including phenoxy) is 4. The van der Waals surface area contributed by atoms with Crippen molar-refractivity contribution in [1.82, 2.24) is 5.32 Å². The van der Waals surface area contributed by atoms with Gasteiger partial charge in [-0.25, -0.2) is 0 Å². The average Bonchev–Trinajstić information content (AvgIpc) is 3.21. The Morgan fingerprint density at radius 3 is 2.42 bits per heavy atom. The summed E-state index contributed by atoms with van der Waals surface area (Å²) in [6.07, 6.45) is 2.38. The first kappa shape index (κ1) is 18.5. The molecule has 5 nitrogen and oxygen atoms in total. The normalized spacial score (nSPS) is 16.5. The maximum Gasteiger partial charge on any atom is 0.161 e. The summed E-state index contributed by atoms with van der Waals surface area (Å²) in [7, 11) is 3.34. The molecular formula is C21H27NO4. The van der Waals surface area contributed by atoms with Gasteiger partial charge in [-0.05, 0) is 48.2 Å². The van der Waals surface area contributed by atoms with Crippen LogP contribution in [0.15, 0.2) is 42.5 Å². The van der Waals surface area contributed by atoms with Crippen LogP contribution < -0.4 is 19.5 Å². The van der Waals surface area contributed by atoms with Gasteiger partial charge in [0.1, 0.15) is 12.4 Å². The van der Waals surface area contributed by atoms with Crippen molar-refractivity contribution < 1.29 is 18.9 Å². The maximum atomic E-state index is 5.88. The van der Waals surface area contributed by atoms with Gasteiger partial charge in [0.05, 0.1) is 20.3 Å². The Hall–Kier alpha value is -2.24. The van der Waals surface area contributed by atoms with Crippen molar-refractivity contribution in [3.63, 3.8) is 0 Å². The van der Waals surface area contributed by atoms with Crippen molar-refractivity contribution in [2.75, 3.05) is 27.4 Å². The van der Waals surface area contributed by atoms with Crippen molar-refractivity contribution in [2.45, 2.75) is 32.0 Å². The van der Waals surface area contributed by atoms with Crippen LogP contribution in [0, 0.1) is 0 Å². The van der Waals surface area contributed by atoms with E-state index in [4.69, 9.17) is 18.9 Å². The Bertz CT molecular complexity index is 681. The van der Waals surface area contributed by atoms with Gasteiger partial charge in [-0.15, -0.1) is 0 Å². The smallest absolute Gasteiger partial charge is 0.161 e. The molecule has 1 aliphatic rings. The van der Waals surface area contributed by atoms with E-state index in [1.165, 1.54) is 5.56 Å². The zero-order valence-corrected chi connectivity index (χ0v) is 15.5. The molecule has 1 heterocycles. The predicted octanol–water partition coefficient (Wildman–Crippen LogP) is 3.55. The van der Waals surface area contributed by atoms with E-state index < -0.39 is 0 Å². The lowest BCUT2D eigenvalue weighted by molar-refractivity contribution is 0.0669. The van der Waals surface area contributed by atoms with Crippen LogP contribution in [0.1, 0.15) is 24.0 Å².